The molecule has 0 bridgehead atoms. The van der Waals surface area contributed by atoms with Crippen LogP contribution < -0.4 is 5.32 Å². The molecule has 0 aliphatic carbocycles. The van der Waals surface area contributed by atoms with Crippen LogP contribution in [0, 0.1) is 21.7 Å². The van der Waals surface area contributed by atoms with Crippen molar-refractivity contribution in [3.8, 4) is 0 Å². The minimum Gasteiger partial charge on any atom is -0.306 e. The maximum absolute atomic E-state index is 13.9. The number of rotatable bonds is 5. The van der Waals surface area contributed by atoms with Gasteiger partial charge in [0.1, 0.15) is 5.82 Å². The van der Waals surface area contributed by atoms with Gasteiger partial charge in [0.05, 0.1) is 4.92 Å². The molecule has 0 aliphatic heterocycles. The Labute approximate surface area is 120 Å². The first-order chi connectivity index (χ1) is 10.0. The number of hydrogen-bond donors (Lipinski definition) is 1. The highest BCUT2D eigenvalue weighted by atomic mass is 19.1. The maximum Gasteiger partial charge on any atom is 0.305 e. The van der Waals surface area contributed by atoms with Crippen LogP contribution >= 0.6 is 0 Å². The van der Waals surface area contributed by atoms with Crippen LogP contribution in [-0.4, -0.2) is 4.92 Å². The molecule has 2 aromatic rings. The number of nitrogens with zero attached hydrogens (tertiary/aromatic N) is 1. The summed E-state index contributed by atoms with van der Waals surface area (Å²) in [4.78, 5) is 9.91. The van der Waals surface area contributed by atoms with Gasteiger partial charge < -0.3 is 5.32 Å². The van der Waals surface area contributed by atoms with Gasteiger partial charge in [-0.25, -0.2) is 4.39 Å². The molecule has 4 nitrogen and oxygen atoms in total. The van der Waals surface area contributed by atoms with Gasteiger partial charge in [-0.05, 0) is 13.0 Å². The minimum absolute atomic E-state index is 0.0724. The van der Waals surface area contributed by atoms with Crippen LogP contribution in [0.2, 0.25) is 0 Å². The van der Waals surface area contributed by atoms with Crippen LogP contribution in [0.3, 0.4) is 0 Å². The molecule has 6 heteroatoms. The molecule has 1 unspecified atom stereocenters. The second-order valence-electron chi connectivity index (χ2n) is 4.63. The summed E-state index contributed by atoms with van der Waals surface area (Å²) in [6, 6.07) is 9.94. The molecule has 21 heavy (non-hydrogen) atoms. The summed E-state index contributed by atoms with van der Waals surface area (Å²) in [5, 5.41) is 13.6. The van der Waals surface area contributed by atoms with Crippen LogP contribution in [-0.2, 0) is 6.54 Å². The number of benzene rings is 2. The molecule has 0 fully saturated rings. The number of nitrogens with one attached hydrogen (secondary N) is 1. The fraction of sp³-hybridized carbons (Fsp3) is 0.200. The molecular weight excluding hydrogens is 278 g/mol. The minimum atomic E-state index is -0.865. The Morgan fingerprint density at radius 3 is 2.57 bits per heavy atom. The average molecular weight is 292 g/mol. The molecule has 0 aromatic heterocycles. The zero-order valence-corrected chi connectivity index (χ0v) is 11.3. The van der Waals surface area contributed by atoms with E-state index < -0.39 is 16.4 Å². The van der Waals surface area contributed by atoms with Gasteiger partial charge >= 0.3 is 5.69 Å². The van der Waals surface area contributed by atoms with Gasteiger partial charge in [0, 0.05) is 29.8 Å². The van der Waals surface area contributed by atoms with Gasteiger partial charge in [-0.3, -0.25) is 10.1 Å². The van der Waals surface area contributed by atoms with E-state index >= 15 is 0 Å². The van der Waals surface area contributed by atoms with Gasteiger partial charge in [-0.15, -0.1) is 0 Å². The Morgan fingerprint density at radius 2 is 1.90 bits per heavy atom. The summed E-state index contributed by atoms with van der Waals surface area (Å²) in [5.41, 5.74) is 0.0728. The molecule has 0 amide bonds. The third kappa shape index (κ3) is 3.41. The lowest BCUT2D eigenvalue weighted by Crippen LogP contribution is -2.20. The lowest BCUT2D eigenvalue weighted by atomic mass is 10.1. The van der Waals surface area contributed by atoms with Gasteiger partial charge in [0.2, 0.25) is 5.82 Å². The van der Waals surface area contributed by atoms with Crippen molar-refractivity contribution in [2.24, 2.45) is 0 Å². The zero-order valence-electron chi connectivity index (χ0n) is 11.3. The van der Waals surface area contributed by atoms with Gasteiger partial charge in [0.25, 0.3) is 0 Å². The summed E-state index contributed by atoms with van der Waals surface area (Å²) < 4.78 is 27.5. The molecule has 0 heterocycles. The lowest BCUT2D eigenvalue weighted by molar-refractivity contribution is -0.387. The number of nitro benzene ring substituents is 1. The summed E-state index contributed by atoms with van der Waals surface area (Å²) >= 11 is 0. The van der Waals surface area contributed by atoms with Crippen molar-refractivity contribution in [2.45, 2.75) is 19.5 Å². The Kier molecular flexibility index (Phi) is 4.59. The monoisotopic (exact) mass is 292 g/mol. The molecule has 0 spiro atoms. The topological polar surface area (TPSA) is 55.2 Å². The lowest BCUT2D eigenvalue weighted by Gasteiger charge is -2.15. The van der Waals surface area contributed by atoms with Crippen molar-refractivity contribution in [1.29, 1.82) is 0 Å². The van der Waals surface area contributed by atoms with Crippen molar-refractivity contribution < 1.29 is 13.7 Å². The molecule has 2 rings (SSSR count). The van der Waals surface area contributed by atoms with Crippen LogP contribution in [0.25, 0.3) is 0 Å². The van der Waals surface area contributed by atoms with E-state index in [1.54, 1.807) is 25.1 Å². The van der Waals surface area contributed by atoms with Crippen molar-refractivity contribution in [1.82, 2.24) is 5.32 Å². The molecule has 0 saturated heterocycles. The fourth-order valence-corrected chi connectivity index (χ4v) is 2.04. The molecule has 0 saturated carbocycles. The van der Waals surface area contributed by atoms with Crippen LogP contribution in [0.5, 0.6) is 0 Å². The Hall–Kier alpha value is -2.34. The molecule has 0 aliphatic rings. The van der Waals surface area contributed by atoms with E-state index in [9.17, 15) is 18.9 Å². The average Bonchev–Trinajstić information content (AvgIpc) is 2.46. The fourth-order valence-electron chi connectivity index (χ4n) is 2.04. The molecule has 0 radical (unpaired) electrons. The quantitative estimate of drug-likeness (QED) is 0.675. The van der Waals surface area contributed by atoms with Crippen molar-refractivity contribution >= 4 is 5.69 Å². The first kappa shape index (κ1) is 15.1. The highest BCUT2D eigenvalue weighted by molar-refractivity contribution is 5.36. The van der Waals surface area contributed by atoms with Crippen molar-refractivity contribution in [3.63, 3.8) is 0 Å². The zero-order chi connectivity index (χ0) is 15.4. The molecular formula is C15H14F2N2O2. The SMILES string of the molecule is CC(NCc1cccc([N+](=O)[O-])c1F)c1ccccc1F. The van der Waals surface area contributed by atoms with Crippen LogP contribution in [0.15, 0.2) is 42.5 Å². The Balaban J connectivity index is 2.12. The summed E-state index contributed by atoms with van der Waals surface area (Å²) in [7, 11) is 0. The largest absolute Gasteiger partial charge is 0.306 e. The molecule has 1 N–H and O–H groups in total. The van der Waals surface area contributed by atoms with E-state index in [0.29, 0.717) is 5.56 Å². The van der Waals surface area contributed by atoms with E-state index in [1.165, 1.54) is 18.2 Å². The second-order valence-corrected chi connectivity index (χ2v) is 4.63. The third-order valence-electron chi connectivity index (χ3n) is 3.23. The normalized spacial score (nSPS) is 12.1. The van der Waals surface area contributed by atoms with Gasteiger partial charge in [-0.1, -0.05) is 30.3 Å². The van der Waals surface area contributed by atoms with E-state index in [2.05, 4.69) is 5.32 Å². The number of halogens is 2. The second kappa shape index (κ2) is 6.41. The first-order valence-corrected chi connectivity index (χ1v) is 6.40. The van der Waals surface area contributed by atoms with Crippen molar-refractivity contribution in [3.05, 3.63) is 75.3 Å². The third-order valence-corrected chi connectivity index (χ3v) is 3.23. The molecule has 110 valence electrons. The number of nitro groups is 1. The summed E-state index contributed by atoms with van der Waals surface area (Å²) in [6.45, 7) is 1.82. The smallest absolute Gasteiger partial charge is 0.305 e. The molecule has 2 aromatic carbocycles. The van der Waals surface area contributed by atoms with Gasteiger partial charge in [-0.2, -0.15) is 4.39 Å². The van der Waals surface area contributed by atoms with Crippen LogP contribution in [0.4, 0.5) is 14.5 Å². The van der Waals surface area contributed by atoms with E-state index in [1.807, 2.05) is 0 Å². The Morgan fingerprint density at radius 1 is 1.19 bits per heavy atom. The van der Waals surface area contributed by atoms with E-state index in [4.69, 9.17) is 0 Å². The van der Waals surface area contributed by atoms with E-state index in [-0.39, 0.29) is 24.0 Å². The maximum atomic E-state index is 13.9. The predicted octanol–water partition coefficient (Wildman–Crippen LogP) is 3.72. The predicted molar refractivity (Wildman–Crippen MR) is 74.7 cm³/mol. The number of hydrogen-bond acceptors (Lipinski definition) is 3. The van der Waals surface area contributed by atoms with E-state index in [0.717, 1.165) is 6.07 Å². The standard InChI is InChI=1S/C15H14F2N2O2/c1-10(12-6-2-3-7-13(12)16)18-9-11-5-4-8-14(15(11)17)19(20)21/h2-8,10,18H,9H2,1H3. The van der Waals surface area contributed by atoms with Crippen molar-refractivity contribution in [2.75, 3.05) is 0 Å². The molecule has 1 atom stereocenters. The summed E-state index contributed by atoms with van der Waals surface area (Å²) in [6.07, 6.45) is 0. The highest BCUT2D eigenvalue weighted by Crippen LogP contribution is 2.21. The summed E-state index contributed by atoms with van der Waals surface area (Å²) in [5.74, 6) is -1.22. The van der Waals surface area contributed by atoms with Crippen LogP contribution in [0.1, 0.15) is 24.1 Å². The highest BCUT2D eigenvalue weighted by Gasteiger charge is 2.18. The van der Waals surface area contributed by atoms with Gasteiger partial charge in [0.15, 0.2) is 0 Å². The first-order valence-electron chi connectivity index (χ1n) is 6.40. The Bertz CT molecular complexity index is 662.